The van der Waals surface area contributed by atoms with Crippen molar-refractivity contribution in [1.29, 1.82) is 0 Å². The first-order valence-electron chi connectivity index (χ1n) is 43.5. The van der Waals surface area contributed by atoms with Crippen molar-refractivity contribution < 1.29 is 89.4 Å². The number of nitrogens with one attached hydrogen (secondary N) is 1. The van der Waals surface area contributed by atoms with Gasteiger partial charge in [-0.25, -0.2) is 0 Å². The molecule has 3 aliphatic heterocycles. The molecule has 12 N–H and O–H groups in total. The zero-order chi connectivity index (χ0) is 76.7. The van der Waals surface area contributed by atoms with Crippen LogP contribution in [0.25, 0.3) is 0 Å². The molecule has 0 bridgehead atoms. The quantitative estimate of drug-likeness (QED) is 0.0199. The van der Waals surface area contributed by atoms with E-state index in [9.17, 15) is 61.0 Å². The molecule has 19 nitrogen and oxygen atoms in total. The van der Waals surface area contributed by atoms with E-state index in [4.69, 9.17) is 28.4 Å². The second-order valence-electron chi connectivity index (χ2n) is 31.0. The molecule has 0 aromatic heterocycles. The number of rotatable bonds is 70. The minimum Gasteiger partial charge on any atom is -0.394 e. The first kappa shape index (κ1) is 97.7. The summed E-state index contributed by atoms with van der Waals surface area (Å²) < 4.78 is 34.6. The van der Waals surface area contributed by atoms with Crippen LogP contribution in [0.2, 0.25) is 0 Å². The van der Waals surface area contributed by atoms with Gasteiger partial charge in [-0.2, -0.15) is 0 Å². The van der Waals surface area contributed by atoms with Gasteiger partial charge < -0.3 is 89.9 Å². The van der Waals surface area contributed by atoms with Crippen LogP contribution in [0, 0.1) is 0 Å². The van der Waals surface area contributed by atoms with Gasteiger partial charge in [-0.15, -0.1) is 0 Å². The average Bonchev–Trinajstić information content (AvgIpc) is 0.781. The van der Waals surface area contributed by atoms with E-state index in [2.05, 4.69) is 79.9 Å². The third kappa shape index (κ3) is 45.9. The number of allylic oxidation sites excluding steroid dienone is 10. The molecule has 0 aromatic carbocycles. The van der Waals surface area contributed by atoms with Crippen molar-refractivity contribution in [3.8, 4) is 0 Å². The Hall–Kier alpha value is -2.51. The van der Waals surface area contributed by atoms with Crippen molar-refractivity contribution in [2.75, 3.05) is 26.4 Å². The zero-order valence-corrected chi connectivity index (χ0v) is 66.7. The third-order valence-electron chi connectivity index (χ3n) is 21.6. The molecule has 0 aromatic rings. The van der Waals surface area contributed by atoms with Crippen LogP contribution >= 0.6 is 0 Å². The predicted molar refractivity (Wildman–Crippen MR) is 425 cm³/mol. The molecule has 3 heterocycles. The maximum absolute atomic E-state index is 13.5. The van der Waals surface area contributed by atoms with E-state index in [1.807, 2.05) is 0 Å². The second-order valence-corrected chi connectivity index (χ2v) is 31.0. The van der Waals surface area contributed by atoms with Gasteiger partial charge >= 0.3 is 0 Å². The van der Waals surface area contributed by atoms with Crippen LogP contribution in [0.3, 0.4) is 0 Å². The highest BCUT2D eigenvalue weighted by Gasteiger charge is 2.54. The van der Waals surface area contributed by atoms with Crippen molar-refractivity contribution in [3.05, 3.63) is 60.8 Å². The Balaban J connectivity index is 1.33. The van der Waals surface area contributed by atoms with E-state index >= 15 is 0 Å². The molecule has 0 spiro atoms. The van der Waals surface area contributed by atoms with Crippen LogP contribution in [0.4, 0.5) is 0 Å². The molecule has 0 aliphatic carbocycles. The van der Waals surface area contributed by atoms with Gasteiger partial charge in [0.25, 0.3) is 0 Å². The van der Waals surface area contributed by atoms with Crippen LogP contribution in [-0.4, -0.2) is 193 Å². The summed E-state index contributed by atoms with van der Waals surface area (Å²) in [7, 11) is 0. The number of aliphatic hydroxyl groups excluding tert-OH is 11. The second kappa shape index (κ2) is 67.0. The maximum Gasteiger partial charge on any atom is 0.220 e. The highest BCUT2D eigenvalue weighted by molar-refractivity contribution is 5.76. The Bertz CT molecular complexity index is 2150. The summed E-state index contributed by atoms with van der Waals surface area (Å²) in [5, 5.41) is 121. The van der Waals surface area contributed by atoms with Crippen LogP contribution in [0.1, 0.15) is 354 Å². The molecule has 19 heteroatoms. The lowest BCUT2D eigenvalue weighted by molar-refractivity contribution is -0.379. The molecule has 3 saturated heterocycles. The van der Waals surface area contributed by atoms with Crippen LogP contribution in [-0.2, 0) is 33.2 Å². The van der Waals surface area contributed by atoms with Gasteiger partial charge in [-0.3, -0.25) is 4.79 Å². The monoisotopic (exact) mass is 1510 g/mol. The Labute approximate surface area is 643 Å². The van der Waals surface area contributed by atoms with Gasteiger partial charge in [0.2, 0.25) is 5.91 Å². The summed E-state index contributed by atoms with van der Waals surface area (Å²) in [6.45, 7) is 1.74. The standard InChI is InChI=1S/C87H159NO18/c1-3-5-7-9-11-13-15-17-19-21-23-25-27-29-31-33-34-35-36-37-39-41-43-45-47-49-51-53-55-57-59-61-63-65-75(93)88-70(71(92)64-62-60-58-56-54-52-50-48-46-44-42-40-38-32-30-28-26-24-22-20-18-16-14-12-10-8-6-4-2)69-101-85-81(99)78(96)83(73(67-90)103-85)106-87-82(100)79(97)84(74(68-91)104-87)105-86-80(98)77(95)76(94)72(66-89)102-86/h5,7,11,13,17,19,23,25,29,31,70-74,76-87,89-92,94-100H,3-4,6,8-10,12,14-16,18,20-22,24,26-28,30,32-69H2,1-2H3,(H,88,93)/b7-5-,13-11-,19-17-,25-23-,31-29-. The van der Waals surface area contributed by atoms with Gasteiger partial charge in [-0.05, 0) is 57.8 Å². The van der Waals surface area contributed by atoms with Crippen molar-refractivity contribution in [1.82, 2.24) is 5.32 Å². The Kier molecular flexibility index (Phi) is 61.8. The molecular weight excluding hydrogens is 1350 g/mol. The predicted octanol–water partition coefficient (Wildman–Crippen LogP) is 15.8. The third-order valence-corrected chi connectivity index (χ3v) is 21.6. The van der Waals surface area contributed by atoms with Crippen LogP contribution in [0.5, 0.6) is 0 Å². The average molecular weight is 1510 g/mol. The highest BCUT2D eigenvalue weighted by Crippen LogP contribution is 2.34. The maximum atomic E-state index is 13.5. The van der Waals surface area contributed by atoms with Crippen molar-refractivity contribution in [3.63, 3.8) is 0 Å². The summed E-state index contributed by atoms with van der Waals surface area (Å²) in [4.78, 5) is 13.5. The number of carbonyl (C=O) groups is 1. The molecule has 17 atom stereocenters. The summed E-state index contributed by atoms with van der Waals surface area (Å²) in [6.07, 6.45) is 60.3. The number of amides is 1. The number of carbonyl (C=O) groups excluding carboxylic acids is 1. The molecule has 3 rings (SSSR count). The largest absolute Gasteiger partial charge is 0.394 e. The van der Waals surface area contributed by atoms with E-state index in [1.54, 1.807) is 0 Å². The van der Waals surface area contributed by atoms with Crippen molar-refractivity contribution >= 4 is 5.91 Å². The fraction of sp³-hybridized carbons (Fsp3) is 0.874. The fourth-order valence-electron chi connectivity index (χ4n) is 14.7. The molecule has 620 valence electrons. The fourth-order valence-corrected chi connectivity index (χ4v) is 14.7. The lowest BCUT2D eigenvalue weighted by atomic mass is 9.96. The van der Waals surface area contributed by atoms with E-state index in [-0.39, 0.29) is 18.9 Å². The number of ether oxygens (including phenoxy) is 6. The molecule has 106 heavy (non-hydrogen) atoms. The number of unbranched alkanes of at least 4 members (excludes halogenated alkanes) is 44. The van der Waals surface area contributed by atoms with E-state index in [0.29, 0.717) is 12.8 Å². The molecule has 17 unspecified atom stereocenters. The summed E-state index contributed by atoms with van der Waals surface area (Å²) in [6, 6.07) is -0.890. The van der Waals surface area contributed by atoms with Gasteiger partial charge in [0.15, 0.2) is 18.9 Å². The molecule has 3 fully saturated rings. The minimum absolute atomic E-state index is 0.238. The Morgan fingerprint density at radius 2 is 0.651 bits per heavy atom. The van der Waals surface area contributed by atoms with E-state index in [1.165, 1.54) is 244 Å². The smallest absolute Gasteiger partial charge is 0.220 e. The van der Waals surface area contributed by atoms with Crippen LogP contribution in [0.15, 0.2) is 60.8 Å². The van der Waals surface area contributed by atoms with Gasteiger partial charge in [-0.1, -0.05) is 351 Å². The molecular formula is C87H159NO18. The number of hydrogen-bond donors (Lipinski definition) is 12. The molecule has 0 saturated carbocycles. The van der Waals surface area contributed by atoms with Crippen molar-refractivity contribution in [2.24, 2.45) is 0 Å². The summed E-state index contributed by atoms with van der Waals surface area (Å²) in [5.41, 5.74) is 0. The van der Waals surface area contributed by atoms with Gasteiger partial charge in [0, 0.05) is 6.42 Å². The van der Waals surface area contributed by atoms with Gasteiger partial charge in [0.1, 0.15) is 73.2 Å². The first-order chi connectivity index (χ1) is 51.8. The van der Waals surface area contributed by atoms with E-state index < -0.39 is 124 Å². The lowest BCUT2D eigenvalue weighted by Crippen LogP contribution is -2.66. The molecule has 1 amide bonds. The summed E-state index contributed by atoms with van der Waals surface area (Å²) >= 11 is 0. The first-order valence-corrected chi connectivity index (χ1v) is 43.5. The normalized spacial score (nSPS) is 25.9. The Morgan fingerprint density at radius 1 is 0.349 bits per heavy atom. The topological polar surface area (TPSA) is 307 Å². The highest BCUT2D eigenvalue weighted by atomic mass is 16.8. The zero-order valence-electron chi connectivity index (χ0n) is 66.7. The minimum atomic E-state index is -1.97. The number of aliphatic hydroxyl groups is 11. The lowest BCUT2D eigenvalue weighted by Gasteiger charge is -2.48. The van der Waals surface area contributed by atoms with Gasteiger partial charge in [0.05, 0.1) is 38.6 Å². The SMILES string of the molecule is CC/C=C\C/C=C\C/C=C\C/C=C\C/C=C\CCCCCCCCCCCCCCCCCCCC(=O)NC(COC1OC(CO)C(OC2OC(CO)C(OC3OC(CO)C(O)C(O)C3O)C(O)C2O)C(O)C1O)C(O)CCCCCCCCCCCCCCCCCCCCCCCCCCCCCC. The summed E-state index contributed by atoms with van der Waals surface area (Å²) in [5.74, 6) is -0.238. The molecule has 3 aliphatic rings. The van der Waals surface area contributed by atoms with Crippen LogP contribution < -0.4 is 5.32 Å². The van der Waals surface area contributed by atoms with Crippen molar-refractivity contribution in [2.45, 2.75) is 458 Å². The Morgan fingerprint density at radius 3 is 1.02 bits per heavy atom. The van der Waals surface area contributed by atoms with E-state index in [0.717, 1.165) is 77.0 Å². The molecule has 0 radical (unpaired) electrons. The number of hydrogen-bond acceptors (Lipinski definition) is 18.